The number of hydrogen-bond acceptors (Lipinski definition) is 8. The standard InChI is InChI=1S/C25H31N7O5S.C3H8/c1-15-11-16(21(34)32-19(15)20(33)31-25(32)9-5-23(3-4-23)6-10-25)29-17-12-18(27-14-26-17)30-22(35)24(7-8-24)13-28-38(2,36)37;1-3-2/h11-12,14,28H,3-10,13H2,1-2H3,(H,31,33)(H2,26,27,29,30,35);3H2,1-2H3. The second-order valence-corrected chi connectivity index (χ2v) is 14.0. The minimum atomic E-state index is -3.42. The molecule has 0 unspecified atom stereocenters. The highest BCUT2D eigenvalue weighted by molar-refractivity contribution is 7.88. The van der Waals surface area contributed by atoms with Gasteiger partial charge in [-0.1, -0.05) is 20.3 Å². The fourth-order valence-corrected chi connectivity index (χ4v) is 6.39. The van der Waals surface area contributed by atoms with Gasteiger partial charge in [-0.05, 0) is 75.3 Å². The summed E-state index contributed by atoms with van der Waals surface area (Å²) in [5.74, 6) is -0.0156. The molecule has 6 rings (SSSR count). The van der Waals surface area contributed by atoms with Crippen LogP contribution in [0.5, 0.6) is 0 Å². The zero-order valence-corrected chi connectivity index (χ0v) is 24.9. The van der Waals surface area contributed by atoms with Crippen LogP contribution in [0, 0.1) is 17.8 Å². The zero-order chi connectivity index (χ0) is 29.6. The Labute approximate surface area is 240 Å². The van der Waals surface area contributed by atoms with Gasteiger partial charge in [0, 0.05) is 12.6 Å². The Morgan fingerprint density at radius 3 is 2.20 bits per heavy atom. The maximum atomic E-state index is 13.7. The molecule has 3 saturated carbocycles. The van der Waals surface area contributed by atoms with Gasteiger partial charge in [0.1, 0.15) is 35.0 Å². The summed E-state index contributed by atoms with van der Waals surface area (Å²) in [5.41, 5.74) is -0.0440. The highest BCUT2D eigenvalue weighted by Gasteiger charge is 2.54. The SMILES string of the molecule is CCC.Cc1cc(Nc2cc(NC(=O)C3(CNS(C)(=O)=O)CC3)ncn2)c(=O)n2c1C(=O)NC21CCC2(CC2)CC1. The first-order valence-electron chi connectivity index (χ1n) is 14.3. The molecule has 3 heterocycles. The fraction of sp³-hybridized carbons (Fsp3) is 0.607. The van der Waals surface area contributed by atoms with E-state index in [1.807, 2.05) is 6.92 Å². The largest absolute Gasteiger partial charge is 0.336 e. The number of pyridine rings is 1. The first kappa shape index (κ1) is 29.2. The summed E-state index contributed by atoms with van der Waals surface area (Å²) < 4.78 is 26.9. The Morgan fingerprint density at radius 2 is 1.61 bits per heavy atom. The Hall–Kier alpha value is -3.32. The summed E-state index contributed by atoms with van der Waals surface area (Å²) in [4.78, 5) is 47.8. The van der Waals surface area contributed by atoms with Crippen LogP contribution >= 0.6 is 0 Å². The number of amides is 2. The number of anilines is 3. The lowest BCUT2D eigenvalue weighted by atomic mass is 9.79. The summed E-state index contributed by atoms with van der Waals surface area (Å²) in [6.07, 6.45) is 10.6. The van der Waals surface area contributed by atoms with E-state index in [9.17, 15) is 22.8 Å². The van der Waals surface area contributed by atoms with E-state index in [1.54, 1.807) is 10.6 Å². The third kappa shape index (κ3) is 5.87. The minimum absolute atomic E-state index is 0.0225. The lowest BCUT2D eigenvalue weighted by Gasteiger charge is -2.39. The molecule has 3 fully saturated rings. The van der Waals surface area contributed by atoms with Gasteiger partial charge in [0.15, 0.2) is 0 Å². The van der Waals surface area contributed by atoms with Gasteiger partial charge in [-0.2, -0.15) is 0 Å². The van der Waals surface area contributed by atoms with Crippen LogP contribution < -0.4 is 26.2 Å². The van der Waals surface area contributed by atoms with Gasteiger partial charge < -0.3 is 16.0 Å². The normalized spacial score (nSPS) is 20.4. The summed E-state index contributed by atoms with van der Waals surface area (Å²) >= 11 is 0. The van der Waals surface area contributed by atoms with Gasteiger partial charge in [0.25, 0.3) is 11.5 Å². The number of nitrogens with one attached hydrogen (secondary N) is 4. The van der Waals surface area contributed by atoms with E-state index in [-0.39, 0.29) is 35.4 Å². The number of aryl methyl sites for hydroxylation is 1. The second kappa shape index (κ2) is 10.5. The van der Waals surface area contributed by atoms with Gasteiger partial charge in [0.2, 0.25) is 15.9 Å². The molecule has 0 saturated heterocycles. The topological polar surface area (TPSA) is 164 Å². The Balaban J connectivity index is 0.00000108. The quantitative estimate of drug-likeness (QED) is 0.385. The van der Waals surface area contributed by atoms with Crippen LogP contribution in [0.3, 0.4) is 0 Å². The van der Waals surface area contributed by atoms with Crippen molar-refractivity contribution in [2.75, 3.05) is 23.4 Å². The molecule has 13 heteroatoms. The van der Waals surface area contributed by atoms with Crippen molar-refractivity contribution in [2.24, 2.45) is 10.8 Å². The van der Waals surface area contributed by atoms with Gasteiger partial charge in [0.05, 0.1) is 11.7 Å². The molecule has 2 aromatic heterocycles. The molecule has 0 aromatic carbocycles. The van der Waals surface area contributed by atoms with Crippen molar-refractivity contribution < 1.29 is 18.0 Å². The molecule has 2 spiro atoms. The summed E-state index contributed by atoms with van der Waals surface area (Å²) in [6.45, 7) is 6.08. The highest BCUT2D eigenvalue weighted by atomic mass is 32.2. The molecule has 0 radical (unpaired) electrons. The van der Waals surface area contributed by atoms with Crippen molar-refractivity contribution in [1.82, 2.24) is 24.6 Å². The molecule has 3 aliphatic carbocycles. The van der Waals surface area contributed by atoms with E-state index >= 15 is 0 Å². The Morgan fingerprint density at radius 1 is 1.00 bits per heavy atom. The Bertz CT molecular complexity index is 1530. The van der Waals surface area contributed by atoms with E-state index < -0.39 is 21.1 Å². The van der Waals surface area contributed by atoms with Gasteiger partial charge in [-0.15, -0.1) is 0 Å². The summed E-state index contributed by atoms with van der Waals surface area (Å²) in [7, 11) is -3.42. The predicted octanol–water partition coefficient (Wildman–Crippen LogP) is 3.12. The van der Waals surface area contributed by atoms with E-state index in [2.05, 4.69) is 44.5 Å². The zero-order valence-electron chi connectivity index (χ0n) is 24.1. The first-order chi connectivity index (χ1) is 19.3. The number of fused-ring (bicyclic) bond motifs is 2. The average molecular weight is 586 g/mol. The number of aromatic nitrogens is 3. The first-order valence-corrected chi connectivity index (χ1v) is 16.2. The molecular weight excluding hydrogens is 546 g/mol. The smallest absolute Gasteiger partial charge is 0.276 e. The maximum absolute atomic E-state index is 13.7. The van der Waals surface area contributed by atoms with Crippen LogP contribution in [0.1, 0.15) is 87.7 Å². The van der Waals surface area contributed by atoms with Crippen LogP contribution in [-0.2, 0) is 20.5 Å². The molecule has 4 N–H and O–H groups in total. The maximum Gasteiger partial charge on any atom is 0.276 e. The Kier molecular flexibility index (Phi) is 7.48. The van der Waals surface area contributed by atoms with E-state index in [4.69, 9.17) is 0 Å². The van der Waals surface area contributed by atoms with Crippen LogP contribution in [-0.4, -0.2) is 47.6 Å². The monoisotopic (exact) mass is 585 g/mol. The molecule has 2 aromatic rings. The molecular formula is C28H39N7O5S. The third-order valence-electron chi connectivity index (χ3n) is 8.66. The third-order valence-corrected chi connectivity index (χ3v) is 9.32. The molecule has 41 heavy (non-hydrogen) atoms. The summed E-state index contributed by atoms with van der Waals surface area (Å²) in [5, 5.41) is 8.92. The van der Waals surface area contributed by atoms with Crippen molar-refractivity contribution in [3.63, 3.8) is 0 Å². The van der Waals surface area contributed by atoms with Crippen molar-refractivity contribution in [1.29, 1.82) is 0 Å². The number of carbonyl (C=O) groups is 2. The number of rotatable bonds is 7. The molecule has 1 aliphatic heterocycles. The second-order valence-electron chi connectivity index (χ2n) is 12.2. The minimum Gasteiger partial charge on any atom is -0.336 e. The van der Waals surface area contributed by atoms with Crippen LogP contribution in [0.15, 0.2) is 23.3 Å². The number of nitrogens with zero attached hydrogens (tertiary/aromatic N) is 3. The number of hydrogen-bond donors (Lipinski definition) is 4. The molecule has 0 bridgehead atoms. The molecule has 0 atom stereocenters. The summed E-state index contributed by atoms with van der Waals surface area (Å²) in [6, 6.07) is 3.16. The van der Waals surface area contributed by atoms with Crippen molar-refractivity contribution in [3.8, 4) is 0 Å². The van der Waals surface area contributed by atoms with Crippen LogP contribution in [0.4, 0.5) is 17.3 Å². The number of sulfonamides is 1. The van der Waals surface area contributed by atoms with Gasteiger partial charge in [-0.25, -0.2) is 23.1 Å². The lowest BCUT2D eigenvalue weighted by molar-refractivity contribution is -0.120. The van der Waals surface area contributed by atoms with Crippen LogP contribution in [0.25, 0.3) is 0 Å². The molecule has 4 aliphatic rings. The lowest BCUT2D eigenvalue weighted by Crippen LogP contribution is -2.50. The van der Waals surface area contributed by atoms with E-state index in [0.29, 0.717) is 35.3 Å². The highest BCUT2D eigenvalue weighted by Crippen LogP contribution is 2.59. The van der Waals surface area contributed by atoms with E-state index in [0.717, 1.165) is 31.9 Å². The van der Waals surface area contributed by atoms with Crippen LogP contribution in [0.2, 0.25) is 0 Å². The van der Waals surface area contributed by atoms with Crippen molar-refractivity contribution in [3.05, 3.63) is 40.1 Å². The average Bonchev–Trinajstić information content (AvgIpc) is 3.83. The fourth-order valence-electron chi connectivity index (χ4n) is 5.85. The molecule has 12 nitrogen and oxygen atoms in total. The van der Waals surface area contributed by atoms with Gasteiger partial charge in [-0.3, -0.25) is 19.0 Å². The van der Waals surface area contributed by atoms with Crippen molar-refractivity contribution in [2.45, 2.75) is 84.2 Å². The molecule has 2 amide bonds. The predicted molar refractivity (Wildman–Crippen MR) is 155 cm³/mol. The molecule has 222 valence electrons. The van der Waals surface area contributed by atoms with Gasteiger partial charge >= 0.3 is 0 Å². The van der Waals surface area contributed by atoms with Crippen molar-refractivity contribution >= 4 is 39.2 Å². The number of carbonyl (C=O) groups excluding carboxylic acids is 2. The van der Waals surface area contributed by atoms with E-state index in [1.165, 1.54) is 31.7 Å².